The minimum Gasteiger partial charge on any atom is -0.373 e. The zero-order valence-electron chi connectivity index (χ0n) is 13.2. The third-order valence-electron chi connectivity index (χ3n) is 4.39. The van der Waals surface area contributed by atoms with Gasteiger partial charge in [0.15, 0.2) is 0 Å². The quantitative estimate of drug-likeness (QED) is 0.710. The van der Waals surface area contributed by atoms with Gasteiger partial charge in [0.2, 0.25) is 0 Å². The van der Waals surface area contributed by atoms with Gasteiger partial charge in [-0.2, -0.15) is 0 Å². The van der Waals surface area contributed by atoms with E-state index in [2.05, 4.69) is 61.5 Å². The second-order valence-corrected chi connectivity index (χ2v) is 6.94. The Balaban J connectivity index is 1.56. The van der Waals surface area contributed by atoms with Crippen LogP contribution in [0.2, 0.25) is 0 Å². The molecule has 3 aromatic rings. The normalized spacial score (nSPS) is 20.9. The Labute approximate surface area is 149 Å². The molecule has 1 saturated heterocycles. The van der Waals surface area contributed by atoms with Crippen molar-refractivity contribution in [2.24, 2.45) is 0 Å². The molecule has 1 aliphatic heterocycles. The van der Waals surface area contributed by atoms with Gasteiger partial charge in [-0.15, -0.1) is 0 Å². The SMILES string of the molecule is Brc1ccc2ncnc(NC3CCOC(c4ccccc4)C3)c2c1. The van der Waals surface area contributed by atoms with Crippen LogP contribution in [-0.4, -0.2) is 22.6 Å². The summed E-state index contributed by atoms with van der Waals surface area (Å²) in [6.45, 7) is 0.754. The minimum absolute atomic E-state index is 0.136. The summed E-state index contributed by atoms with van der Waals surface area (Å²) >= 11 is 3.53. The minimum atomic E-state index is 0.136. The van der Waals surface area contributed by atoms with Crippen molar-refractivity contribution < 1.29 is 4.74 Å². The Morgan fingerprint density at radius 3 is 2.83 bits per heavy atom. The Morgan fingerprint density at radius 2 is 1.96 bits per heavy atom. The largest absolute Gasteiger partial charge is 0.373 e. The molecular formula is C19H18BrN3O. The number of nitrogens with zero attached hydrogens (tertiary/aromatic N) is 2. The molecule has 2 aromatic carbocycles. The lowest BCUT2D eigenvalue weighted by Gasteiger charge is -2.31. The molecule has 1 aliphatic rings. The molecule has 0 bridgehead atoms. The molecule has 0 radical (unpaired) electrons. The van der Waals surface area contributed by atoms with Crippen LogP contribution in [0.4, 0.5) is 5.82 Å². The van der Waals surface area contributed by atoms with Gasteiger partial charge < -0.3 is 10.1 Å². The van der Waals surface area contributed by atoms with Gasteiger partial charge in [-0.05, 0) is 36.6 Å². The van der Waals surface area contributed by atoms with Crippen LogP contribution in [0.3, 0.4) is 0 Å². The maximum absolute atomic E-state index is 5.96. The molecule has 0 spiro atoms. The van der Waals surface area contributed by atoms with E-state index in [9.17, 15) is 0 Å². The summed E-state index contributed by atoms with van der Waals surface area (Å²) in [6.07, 6.45) is 3.66. The molecule has 0 amide bonds. The number of fused-ring (bicyclic) bond motifs is 1. The molecule has 4 rings (SSSR count). The first-order valence-corrected chi connectivity index (χ1v) is 8.92. The van der Waals surface area contributed by atoms with Gasteiger partial charge >= 0.3 is 0 Å². The molecule has 2 unspecified atom stereocenters. The predicted octanol–water partition coefficient (Wildman–Crippen LogP) is 4.72. The van der Waals surface area contributed by atoms with Crippen LogP contribution in [-0.2, 0) is 4.74 Å². The highest BCUT2D eigenvalue weighted by Crippen LogP contribution is 2.31. The first-order chi connectivity index (χ1) is 11.8. The van der Waals surface area contributed by atoms with Gasteiger partial charge in [0, 0.05) is 22.5 Å². The molecule has 1 fully saturated rings. The number of rotatable bonds is 3. The van der Waals surface area contributed by atoms with Crippen molar-refractivity contribution in [3.63, 3.8) is 0 Å². The van der Waals surface area contributed by atoms with Crippen LogP contribution in [0.5, 0.6) is 0 Å². The van der Waals surface area contributed by atoms with E-state index in [1.165, 1.54) is 5.56 Å². The third kappa shape index (κ3) is 3.28. The number of hydrogen-bond donors (Lipinski definition) is 1. The van der Waals surface area contributed by atoms with Crippen LogP contribution >= 0.6 is 15.9 Å². The summed E-state index contributed by atoms with van der Waals surface area (Å²) in [5.41, 5.74) is 2.18. The van der Waals surface area contributed by atoms with Gasteiger partial charge in [-0.1, -0.05) is 46.3 Å². The summed E-state index contributed by atoms with van der Waals surface area (Å²) in [5.74, 6) is 0.889. The number of nitrogens with one attached hydrogen (secondary N) is 1. The molecule has 0 saturated carbocycles. The first-order valence-electron chi connectivity index (χ1n) is 8.13. The zero-order valence-corrected chi connectivity index (χ0v) is 14.7. The fraction of sp³-hybridized carbons (Fsp3) is 0.263. The van der Waals surface area contributed by atoms with Crippen LogP contribution < -0.4 is 5.32 Å². The van der Waals surface area contributed by atoms with Gasteiger partial charge in [-0.25, -0.2) is 9.97 Å². The fourth-order valence-electron chi connectivity index (χ4n) is 3.17. The van der Waals surface area contributed by atoms with E-state index < -0.39 is 0 Å². The van der Waals surface area contributed by atoms with E-state index in [1.807, 2.05) is 18.2 Å². The van der Waals surface area contributed by atoms with Crippen LogP contribution in [0.15, 0.2) is 59.3 Å². The summed E-state index contributed by atoms with van der Waals surface area (Å²) in [4.78, 5) is 8.80. The highest BCUT2D eigenvalue weighted by molar-refractivity contribution is 9.10. The number of aromatic nitrogens is 2. The van der Waals surface area contributed by atoms with Crippen molar-refractivity contribution in [3.05, 3.63) is 64.9 Å². The smallest absolute Gasteiger partial charge is 0.137 e. The summed E-state index contributed by atoms with van der Waals surface area (Å²) in [6, 6.07) is 16.8. The number of halogens is 1. The van der Waals surface area contributed by atoms with Crippen LogP contribution in [0.1, 0.15) is 24.5 Å². The second kappa shape index (κ2) is 6.87. The van der Waals surface area contributed by atoms with Gasteiger partial charge in [0.1, 0.15) is 12.1 Å². The molecule has 122 valence electrons. The molecule has 5 heteroatoms. The van der Waals surface area contributed by atoms with Gasteiger partial charge in [0.25, 0.3) is 0 Å². The van der Waals surface area contributed by atoms with Crippen molar-refractivity contribution in [1.29, 1.82) is 0 Å². The Hall–Kier alpha value is -1.98. The lowest BCUT2D eigenvalue weighted by atomic mass is 9.97. The van der Waals surface area contributed by atoms with Gasteiger partial charge in [-0.3, -0.25) is 0 Å². The van der Waals surface area contributed by atoms with Crippen molar-refractivity contribution in [2.45, 2.75) is 25.0 Å². The van der Waals surface area contributed by atoms with E-state index in [0.717, 1.165) is 40.6 Å². The molecule has 24 heavy (non-hydrogen) atoms. The number of hydrogen-bond acceptors (Lipinski definition) is 4. The summed E-state index contributed by atoms with van der Waals surface area (Å²) in [7, 11) is 0. The third-order valence-corrected chi connectivity index (χ3v) is 4.89. The second-order valence-electron chi connectivity index (χ2n) is 6.02. The van der Waals surface area contributed by atoms with E-state index in [4.69, 9.17) is 4.74 Å². The van der Waals surface area contributed by atoms with E-state index in [0.29, 0.717) is 6.04 Å². The summed E-state index contributed by atoms with van der Waals surface area (Å²) in [5, 5.41) is 4.64. The molecule has 2 heterocycles. The van der Waals surface area contributed by atoms with Crippen LogP contribution in [0, 0.1) is 0 Å². The van der Waals surface area contributed by atoms with Crippen molar-refractivity contribution >= 4 is 32.7 Å². The van der Waals surface area contributed by atoms with E-state index in [1.54, 1.807) is 6.33 Å². The number of ether oxygens (including phenoxy) is 1. The lowest BCUT2D eigenvalue weighted by molar-refractivity contribution is 0.00976. The fourth-order valence-corrected chi connectivity index (χ4v) is 3.53. The number of anilines is 1. The molecule has 2 atom stereocenters. The molecule has 0 aliphatic carbocycles. The van der Waals surface area contributed by atoms with Crippen molar-refractivity contribution in [3.8, 4) is 0 Å². The average Bonchev–Trinajstić information content (AvgIpc) is 2.63. The Morgan fingerprint density at radius 1 is 1.08 bits per heavy atom. The Kier molecular flexibility index (Phi) is 4.45. The highest BCUT2D eigenvalue weighted by Gasteiger charge is 2.24. The first kappa shape index (κ1) is 15.5. The van der Waals surface area contributed by atoms with Crippen molar-refractivity contribution in [2.75, 3.05) is 11.9 Å². The Bertz CT molecular complexity index is 840. The van der Waals surface area contributed by atoms with Gasteiger partial charge in [0.05, 0.1) is 11.6 Å². The highest BCUT2D eigenvalue weighted by atomic mass is 79.9. The van der Waals surface area contributed by atoms with E-state index in [-0.39, 0.29) is 6.10 Å². The predicted molar refractivity (Wildman–Crippen MR) is 99.0 cm³/mol. The topological polar surface area (TPSA) is 47.0 Å². The molecule has 4 nitrogen and oxygen atoms in total. The summed E-state index contributed by atoms with van der Waals surface area (Å²) < 4.78 is 6.99. The monoisotopic (exact) mass is 383 g/mol. The maximum atomic E-state index is 5.96. The number of benzene rings is 2. The van der Waals surface area contributed by atoms with Crippen LogP contribution in [0.25, 0.3) is 10.9 Å². The molecular weight excluding hydrogens is 366 g/mol. The van der Waals surface area contributed by atoms with Crippen molar-refractivity contribution in [1.82, 2.24) is 9.97 Å². The maximum Gasteiger partial charge on any atom is 0.137 e. The molecule has 1 N–H and O–H groups in total. The average molecular weight is 384 g/mol. The van der Waals surface area contributed by atoms with E-state index >= 15 is 0 Å². The standard InChI is InChI=1S/C19H18BrN3O/c20-14-6-7-17-16(10-14)19(22-12-21-17)23-15-8-9-24-18(11-15)13-4-2-1-3-5-13/h1-7,10,12,15,18H,8-9,11H2,(H,21,22,23). The lowest BCUT2D eigenvalue weighted by Crippen LogP contribution is -2.30. The zero-order chi connectivity index (χ0) is 16.4. The molecule has 1 aromatic heterocycles.